The van der Waals surface area contributed by atoms with Crippen molar-refractivity contribution in [2.75, 3.05) is 34.4 Å². The Morgan fingerprint density at radius 2 is 1.16 bits per heavy atom. The Bertz CT molecular complexity index is 929. The second-order valence-corrected chi connectivity index (χ2v) is 7.71. The van der Waals surface area contributed by atoms with Gasteiger partial charge in [0.05, 0.1) is 27.5 Å². The Kier molecular flexibility index (Phi) is 6.75. The molecule has 1 heterocycles. The van der Waals surface area contributed by atoms with Crippen LogP contribution < -0.4 is 14.2 Å². The van der Waals surface area contributed by atoms with Gasteiger partial charge in [0.1, 0.15) is 0 Å². The molecule has 5 heteroatoms. The summed E-state index contributed by atoms with van der Waals surface area (Å²) >= 11 is 0. The molecule has 31 heavy (non-hydrogen) atoms. The van der Waals surface area contributed by atoms with Crippen molar-refractivity contribution in [3.05, 3.63) is 89.5 Å². The highest BCUT2D eigenvalue weighted by molar-refractivity contribution is 5.56. The predicted octanol–water partition coefficient (Wildman–Crippen LogP) is 4.73. The molecule has 0 aliphatic carbocycles. The lowest BCUT2D eigenvalue weighted by molar-refractivity contribution is 0.122. The first-order valence-electron chi connectivity index (χ1n) is 10.6. The van der Waals surface area contributed by atoms with Crippen LogP contribution in [0.15, 0.2) is 72.8 Å². The summed E-state index contributed by atoms with van der Waals surface area (Å²) in [6, 6.07) is 25.3. The molecule has 0 aromatic heterocycles. The van der Waals surface area contributed by atoms with Crippen molar-refractivity contribution in [3.63, 3.8) is 0 Å². The maximum atomic E-state index is 5.86. The van der Waals surface area contributed by atoms with E-state index in [4.69, 9.17) is 14.2 Å². The lowest BCUT2D eigenvalue weighted by Crippen LogP contribution is -2.31. The van der Waals surface area contributed by atoms with E-state index in [1.54, 1.807) is 21.3 Å². The van der Waals surface area contributed by atoms with E-state index in [1.807, 2.05) is 6.07 Å². The fourth-order valence-electron chi connectivity index (χ4n) is 4.42. The minimum Gasteiger partial charge on any atom is -0.493 e. The SMILES string of the molecule is COc1ccc(C2N(Cc3ccccc3)CCN2Cc2ccccc2)c(OC)c1OC. The molecule has 0 amide bonds. The minimum atomic E-state index is 0.0650. The highest BCUT2D eigenvalue weighted by Crippen LogP contribution is 2.46. The summed E-state index contributed by atoms with van der Waals surface area (Å²) in [5, 5.41) is 0. The van der Waals surface area contributed by atoms with Crippen molar-refractivity contribution in [3.8, 4) is 17.2 Å². The quantitative estimate of drug-likeness (QED) is 0.528. The molecule has 0 radical (unpaired) electrons. The Morgan fingerprint density at radius 1 is 0.645 bits per heavy atom. The van der Waals surface area contributed by atoms with Gasteiger partial charge in [0, 0.05) is 31.7 Å². The summed E-state index contributed by atoms with van der Waals surface area (Å²) in [5.41, 5.74) is 3.69. The van der Waals surface area contributed by atoms with Crippen LogP contribution in [0.5, 0.6) is 17.2 Å². The van der Waals surface area contributed by atoms with Gasteiger partial charge in [-0.05, 0) is 23.3 Å². The first-order chi connectivity index (χ1) is 15.2. The molecule has 1 fully saturated rings. The van der Waals surface area contributed by atoms with E-state index < -0.39 is 0 Å². The normalized spacial score (nSPS) is 15.2. The Morgan fingerprint density at radius 3 is 1.61 bits per heavy atom. The zero-order chi connectivity index (χ0) is 21.6. The molecule has 1 aliphatic rings. The predicted molar refractivity (Wildman–Crippen MR) is 123 cm³/mol. The van der Waals surface area contributed by atoms with E-state index >= 15 is 0 Å². The number of ether oxygens (including phenoxy) is 3. The van der Waals surface area contributed by atoms with Gasteiger partial charge in [-0.15, -0.1) is 0 Å². The Balaban J connectivity index is 1.73. The fourth-order valence-corrected chi connectivity index (χ4v) is 4.42. The van der Waals surface area contributed by atoms with Crippen LogP contribution in [0.1, 0.15) is 22.9 Å². The molecule has 0 N–H and O–H groups in total. The lowest BCUT2D eigenvalue weighted by atomic mass is 10.1. The van der Waals surface area contributed by atoms with Gasteiger partial charge in [0.25, 0.3) is 0 Å². The fraction of sp³-hybridized carbons (Fsp3) is 0.308. The standard InChI is InChI=1S/C26H30N2O3/c1-29-23-15-14-22(24(30-2)25(23)31-3)26-27(18-20-10-6-4-7-11-20)16-17-28(26)19-21-12-8-5-9-13-21/h4-15,26H,16-19H2,1-3H3. The average molecular weight is 419 g/mol. The van der Waals surface area contributed by atoms with Crippen LogP contribution in [0.2, 0.25) is 0 Å². The molecular weight excluding hydrogens is 388 g/mol. The molecule has 4 rings (SSSR count). The van der Waals surface area contributed by atoms with Gasteiger partial charge in [0.2, 0.25) is 5.75 Å². The summed E-state index contributed by atoms with van der Waals surface area (Å²) in [6.07, 6.45) is 0.0650. The third-order valence-corrected chi connectivity index (χ3v) is 5.84. The van der Waals surface area contributed by atoms with Crippen LogP contribution in [-0.2, 0) is 13.1 Å². The second-order valence-electron chi connectivity index (χ2n) is 7.71. The van der Waals surface area contributed by atoms with Gasteiger partial charge in [-0.1, -0.05) is 60.7 Å². The van der Waals surface area contributed by atoms with Gasteiger partial charge < -0.3 is 14.2 Å². The van der Waals surface area contributed by atoms with Crippen LogP contribution in [0.25, 0.3) is 0 Å². The molecule has 1 aliphatic heterocycles. The molecule has 1 saturated heterocycles. The third-order valence-electron chi connectivity index (χ3n) is 5.84. The second kappa shape index (κ2) is 9.86. The van der Waals surface area contributed by atoms with Crippen molar-refractivity contribution in [2.24, 2.45) is 0 Å². The molecule has 0 atom stereocenters. The first-order valence-corrected chi connectivity index (χ1v) is 10.6. The third kappa shape index (κ3) is 4.53. The van der Waals surface area contributed by atoms with Crippen molar-refractivity contribution < 1.29 is 14.2 Å². The smallest absolute Gasteiger partial charge is 0.203 e. The number of rotatable bonds is 8. The maximum absolute atomic E-state index is 5.86. The Hall–Kier alpha value is -3.02. The highest BCUT2D eigenvalue weighted by atomic mass is 16.5. The van der Waals surface area contributed by atoms with Crippen LogP contribution in [0.3, 0.4) is 0 Å². The summed E-state index contributed by atoms with van der Waals surface area (Å²) in [5.74, 6) is 2.03. The first kappa shape index (κ1) is 21.2. The molecule has 3 aromatic rings. The van der Waals surface area contributed by atoms with Gasteiger partial charge in [-0.25, -0.2) is 0 Å². The van der Waals surface area contributed by atoms with E-state index in [9.17, 15) is 0 Å². The molecule has 0 bridgehead atoms. The summed E-state index contributed by atoms with van der Waals surface area (Å²) in [6.45, 7) is 3.69. The monoisotopic (exact) mass is 418 g/mol. The number of hydrogen-bond donors (Lipinski definition) is 0. The molecular formula is C26H30N2O3. The van der Waals surface area contributed by atoms with Gasteiger partial charge >= 0.3 is 0 Å². The highest BCUT2D eigenvalue weighted by Gasteiger charge is 2.36. The van der Waals surface area contributed by atoms with E-state index in [1.165, 1.54) is 11.1 Å². The maximum Gasteiger partial charge on any atom is 0.203 e. The van der Waals surface area contributed by atoms with E-state index in [0.29, 0.717) is 11.5 Å². The topological polar surface area (TPSA) is 34.2 Å². The summed E-state index contributed by atoms with van der Waals surface area (Å²) < 4.78 is 17.0. The average Bonchev–Trinajstić information content (AvgIpc) is 3.20. The van der Waals surface area contributed by atoms with E-state index in [-0.39, 0.29) is 6.17 Å². The van der Waals surface area contributed by atoms with Crippen molar-refractivity contribution in [2.45, 2.75) is 19.3 Å². The van der Waals surface area contributed by atoms with E-state index in [2.05, 4.69) is 76.5 Å². The molecule has 0 saturated carbocycles. The lowest BCUT2D eigenvalue weighted by Gasteiger charge is -2.32. The van der Waals surface area contributed by atoms with E-state index in [0.717, 1.165) is 37.5 Å². The number of methoxy groups -OCH3 is 3. The summed E-state index contributed by atoms with van der Waals surface area (Å²) in [7, 11) is 5.00. The van der Waals surface area contributed by atoms with Crippen LogP contribution in [0, 0.1) is 0 Å². The molecule has 5 nitrogen and oxygen atoms in total. The van der Waals surface area contributed by atoms with Gasteiger partial charge in [0.15, 0.2) is 11.5 Å². The van der Waals surface area contributed by atoms with Crippen molar-refractivity contribution in [1.29, 1.82) is 0 Å². The van der Waals surface area contributed by atoms with Crippen LogP contribution in [0.4, 0.5) is 0 Å². The van der Waals surface area contributed by atoms with Crippen LogP contribution >= 0.6 is 0 Å². The molecule has 3 aromatic carbocycles. The van der Waals surface area contributed by atoms with Gasteiger partial charge in [-0.3, -0.25) is 9.80 Å². The Labute approximate surface area is 184 Å². The number of hydrogen-bond acceptors (Lipinski definition) is 5. The minimum absolute atomic E-state index is 0.0650. The largest absolute Gasteiger partial charge is 0.493 e. The summed E-state index contributed by atoms with van der Waals surface area (Å²) in [4.78, 5) is 5.00. The van der Waals surface area contributed by atoms with Gasteiger partial charge in [-0.2, -0.15) is 0 Å². The van der Waals surface area contributed by atoms with Crippen LogP contribution in [-0.4, -0.2) is 44.2 Å². The molecule has 0 unspecified atom stereocenters. The zero-order valence-corrected chi connectivity index (χ0v) is 18.5. The number of benzene rings is 3. The van der Waals surface area contributed by atoms with Crippen molar-refractivity contribution >= 4 is 0 Å². The van der Waals surface area contributed by atoms with Crippen molar-refractivity contribution in [1.82, 2.24) is 9.80 Å². The zero-order valence-electron chi connectivity index (χ0n) is 18.5. The molecule has 162 valence electrons. The molecule has 0 spiro atoms. The number of nitrogens with zero attached hydrogens (tertiary/aromatic N) is 2.